The Bertz CT molecular complexity index is 2030. The van der Waals surface area contributed by atoms with E-state index in [1.54, 1.807) is 26.8 Å². The second kappa shape index (κ2) is 13.6. The highest BCUT2D eigenvalue weighted by molar-refractivity contribution is 7.07. The number of non-ortho nitro benzene ring substituents is 1. The summed E-state index contributed by atoms with van der Waals surface area (Å²) in [5.41, 5.74) is 0.659. The summed E-state index contributed by atoms with van der Waals surface area (Å²) in [5.74, 6) is -0.421. The van der Waals surface area contributed by atoms with Crippen LogP contribution < -0.4 is 24.4 Å². The van der Waals surface area contributed by atoms with Gasteiger partial charge in [0.15, 0.2) is 16.3 Å². The van der Waals surface area contributed by atoms with E-state index in [-0.39, 0.29) is 68.9 Å². The number of carbonyl (C=O) groups is 1. The van der Waals surface area contributed by atoms with Crippen molar-refractivity contribution in [3.8, 4) is 11.5 Å². The van der Waals surface area contributed by atoms with Crippen LogP contribution in [0.1, 0.15) is 43.5 Å². The molecule has 0 radical (unpaired) electrons. The van der Waals surface area contributed by atoms with E-state index in [1.807, 2.05) is 30.3 Å². The fourth-order valence-electron chi connectivity index (χ4n) is 4.94. The lowest BCUT2D eigenvalue weighted by Gasteiger charge is -2.23. The van der Waals surface area contributed by atoms with E-state index in [1.165, 1.54) is 41.0 Å². The molecule has 236 valence electrons. The minimum Gasteiger partial charge on any atom is -0.490 e. The lowest BCUT2D eigenvalue weighted by Crippen LogP contribution is -2.35. The lowest BCUT2D eigenvalue weighted by molar-refractivity contribution is -0.385. The number of hydrogen-bond acceptors (Lipinski definition) is 11. The van der Waals surface area contributed by atoms with Crippen LogP contribution in [-0.4, -0.2) is 33.6 Å². The van der Waals surface area contributed by atoms with Gasteiger partial charge in [0.05, 0.1) is 44.8 Å². The Kier molecular flexibility index (Phi) is 9.37. The molecule has 0 N–H and O–H groups in total. The van der Waals surface area contributed by atoms with Crippen molar-refractivity contribution in [2.45, 2.75) is 33.4 Å². The molecule has 0 aliphatic carbocycles. The Labute approximate surface area is 265 Å². The number of hydrogen-bond donors (Lipinski definition) is 0. The standard InChI is InChI=1S/C32H28N4O9S/c1-4-43-25-16-23(24(36(41)42)17-26(25)45-18-21-9-7-6-8-10-21)29-28(31(38)44-5-2)19(3)34-30(37)27(46-32(34)33-29)15-20-11-13-22(14-12-20)35(39)40/h6-17,29H,4-5,18H2,1-3H3/b27-15-/t29-/m0/s1. The molecule has 4 aromatic rings. The van der Waals surface area contributed by atoms with Crippen LogP contribution in [0.2, 0.25) is 0 Å². The summed E-state index contributed by atoms with van der Waals surface area (Å²) in [5, 5.41) is 23.5. The summed E-state index contributed by atoms with van der Waals surface area (Å²) >= 11 is 1.02. The number of benzene rings is 3. The second-order valence-corrected chi connectivity index (χ2v) is 11.0. The van der Waals surface area contributed by atoms with E-state index in [4.69, 9.17) is 19.2 Å². The first-order valence-electron chi connectivity index (χ1n) is 14.2. The Morgan fingerprint density at radius 3 is 2.30 bits per heavy atom. The van der Waals surface area contributed by atoms with Gasteiger partial charge in [-0.3, -0.25) is 29.6 Å². The van der Waals surface area contributed by atoms with Gasteiger partial charge in [-0.2, -0.15) is 0 Å². The molecule has 1 aromatic heterocycles. The number of aromatic nitrogens is 1. The third-order valence-electron chi connectivity index (χ3n) is 7.06. The van der Waals surface area contributed by atoms with E-state index in [2.05, 4.69) is 0 Å². The molecule has 14 heteroatoms. The molecule has 0 fully saturated rings. The molecule has 0 unspecified atom stereocenters. The number of fused-ring (bicyclic) bond motifs is 1. The van der Waals surface area contributed by atoms with Crippen molar-refractivity contribution in [3.05, 3.63) is 129 Å². The summed E-state index contributed by atoms with van der Waals surface area (Å²) in [7, 11) is 0. The van der Waals surface area contributed by atoms with Gasteiger partial charge in [0.25, 0.3) is 16.9 Å². The smallest absolute Gasteiger partial charge is 0.338 e. The predicted octanol–water partition coefficient (Wildman–Crippen LogP) is 4.70. The van der Waals surface area contributed by atoms with Crippen LogP contribution in [0.15, 0.2) is 82.1 Å². The molecular formula is C32H28N4O9S. The Balaban J connectivity index is 1.68. The largest absolute Gasteiger partial charge is 0.490 e. The summed E-state index contributed by atoms with van der Waals surface area (Å²) in [6.45, 7) is 5.31. The average molecular weight is 645 g/mol. The first-order valence-corrected chi connectivity index (χ1v) is 15.0. The molecule has 46 heavy (non-hydrogen) atoms. The van der Waals surface area contributed by atoms with Gasteiger partial charge in [0, 0.05) is 17.8 Å². The van der Waals surface area contributed by atoms with Gasteiger partial charge in [-0.1, -0.05) is 41.7 Å². The monoisotopic (exact) mass is 644 g/mol. The Hall–Kier alpha value is -5.63. The number of thiazole rings is 1. The minimum atomic E-state index is -1.22. The predicted molar refractivity (Wildman–Crippen MR) is 169 cm³/mol. The molecule has 0 saturated carbocycles. The minimum absolute atomic E-state index is 0.0193. The van der Waals surface area contributed by atoms with E-state index >= 15 is 0 Å². The fourth-order valence-corrected chi connectivity index (χ4v) is 5.98. The van der Waals surface area contributed by atoms with Crippen molar-refractivity contribution in [1.82, 2.24) is 4.57 Å². The molecule has 1 aliphatic rings. The zero-order valence-electron chi connectivity index (χ0n) is 25.0. The molecule has 2 heterocycles. The van der Waals surface area contributed by atoms with Crippen molar-refractivity contribution in [2.24, 2.45) is 4.99 Å². The van der Waals surface area contributed by atoms with Crippen molar-refractivity contribution >= 4 is 40.5 Å². The van der Waals surface area contributed by atoms with Gasteiger partial charge in [0.2, 0.25) is 0 Å². The maximum Gasteiger partial charge on any atom is 0.338 e. The lowest BCUT2D eigenvalue weighted by atomic mass is 9.94. The highest BCUT2D eigenvalue weighted by atomic mass is 32.1. The van der Waals surface area contributed by atoms with Crippen LogP contribution in [0.3, 0.4) is 0 Å². The van der Waals surface area contributed by atoms with Crippen LogP contribution >= 0.6 is 11.3 Å². The maximum atomic E-state index is 13.6. The van der Waals surface area contributed by atoms with E-state index in [9.17, 15) is 29.8 Å². The van der Waals surface area contributed by atoms with Crippen LogP contribution in [0, 0.1) is 20.2 Å². The molecule has 1 aliphatic heterocycles. The maximum absolute atomic E-state index is 13.6. The Morgan fingerprint density at radius 1 is 0.978 bits per heavy atom. The summed E-state index contributed by atoms with van der Waals surface area (Å²) in [6, 6.07) is 16.4. The molecular weight excluding hydrogens is 616 g/mol. The first kappa shape index (κ1) is 31.8. The molecule has 0 saturated heterocycles. The van der Waals surface area contributed by atoms with Crippen LogP contribution in [0.25, 0.3) is 11.8 Å². The van der Waals surface area contributed by atoms with Crippen molar-refractivity contribution < 1.29 is 28.9 Å². The van der Waals surface area contributed by atoms with E-state index in [0.29, 0.717) is 5.56 Å². The van der Waals surface area contributed by atoms with Gasteiger partial charge >= 0.3 is 5.97 Å². The zero-order chi connectivity index (χ0) is 33.0. The van der Waals surface area contributed by atoms with Crippen molar-refractivity contribution in [1.29, 1.82) is 0 Å². The summed E-state index contributed by atoms with van der Waals surface area (Å²) in [6.07, 6.45) is 1.55. The third kappa shape index (κ3) is 6.42. The molecule has 1 atom stereocenters. The molecule has 13 nitrogen and oxygen atoms in total. The second-order valence-electron chi connectivity index (χ2n) is 9.96. The first-order chi connectivity index (χ1) is 22.1. The molecule has 0 bridgehead atoms. The van der Waals surface area contributed by atoms with Crippen molar-refractivity contribution in [2.75, 3.05) is 13.2 Å². The number of esters is 1. The fraction of sp³-hybridized carbons (Fsp3) is 0.219. The van der Waals surface area contributed by atoms with Gasteiger partial charge in [0.1, 0.15) is 12.6 Å². The van der Waals surface area contributed by atoms with Gasteiger partial charge in [-0.05, 0) is 56.2 Å². The molecule has 0 spiro atoms. The average Bonchev–Trinajstić information content (AvgIpc) is 3.35. The number of ether oxygens (including phenoxy) is 3. The molecule has 5 rings (SSSR count). The zero-order valence-corrected chi connectivity index (χ0v) is 25.8. The highest BCUT2D eigenvalue weighted by Crippen LogP contribution is 2.43. The third-order valence-corrected chi connectivity index (χ3v) is 8.05. The van der Waals surface area contributed by atoms with E-state index in [0.717, 1.165) is 16.9 Å². The number of carbonyl (C=O) groups excluding carboxylic acids is 1. The topological polar surface area (TPSA) is 165 Å². The molecule has 3 aromatic carbocycles. The van der Waals surface area contributed by atoms with Crippen molar-refractivity contribution in [3.63, 3.8) is 0 Å². The number of nitrogens with zero attached hydrogens (tertiary/aromatic N) is 4. The van der Waals surface area contributed by atoms with E-state index < -0.39 is 27.4 Å². The van der Waals surface area contributed by atoms with Crippen LogP contribution in [0.5, 0.6) is 11.5 Å². The van der Waals surface area contributed by atoms with Crippen LogP contribution in [0.4, 0.5) is 11.4 Å². The quantitative estimate of drug-likeness (QED) is 0.128. The summed E-state index contributed by atoms with van der Waals surface area (Å²) < 4.78 is 18.6. The number of nitro groups is 2. The van der Waals surface area contributed by atoms with Gasteiger partial charge < -0.3 is 14.2 Å². The number of allylic oxidation sites excluding steroid dienone is 1. The number of nitro benzene ring substituents is 2. The number of rotatable bonds is 11. The Morgan fingerprint density at radius 2 is 1.67 bits per heavy atom. The van der Waals surface area contributed by atoms with Gasteiger partial charge in [-0.25, -0.2) is 9.79 Å². The SMILES string of the molecule is CCOC(=O)C1=C(C)n2c(s/c(=C\c3ccc([N+](=O)[O-])cc3)c2=O)=N[C@H]1c1cc(OCC)c(OCc2ccccc2)cc1[N+](=O)[O-]. The highest BCUT2D eigenvalue weighted by Gasteiger charge is 2.36. The van der Waals surface area contributed by atoms with Crippen LogP contribution in [-0.2, 0) is 16.1 Å². The van der Waals surface area contributed by atoms with Gasteiger partial charge in [-0.15, -0.1) is 0 Å². The summed E-state index contributed by atoms with van der Waals surface area (Å²) in [4.78, 5) is 54.2. The molecule has 0 amide bonds. The normalized spacial score (nSPS) is 14.3.